The van der Waals surface area contributed by atoms with Crippen LogP contribution in [0.1, 0.15) is 23.2 Å². The smallest absolute Gasteiger partial charge is 0.257 e. The van der Waals surface area contributed by atoms with Crippen LogP contribution in [0.15, 0.2) is 52.7 Å². The highest BCUT2D eigenvalue weighted by molar-refractivity contribution is 7.14. The summed E-state index contributed by atoms with van der Waals surface area (Å²) in [6.07, 6.45) is 4.34. The predicted octanol–water partition coefficient (Wildman–Crippen LogP) is 4.03. The number of hydrogen-bond acceptors (Lipinski definition) is 5. The first-order valence-electron chi connectivity index (χ1n) is 8.94. The number of halogens is 1. The quantitative estimate of drug-likeness (QED) is 0.719. The Morgan fingerprint density at radius 2 is 2.21 bits per heavy atom. The van der Waals surface area contributed by atoms with Crippen molar-refractivity contribution in [3.05, 3.63) is 59.6 Å². The van der Waals surface area contributed by atoms with Gasteiger partial charge < -0.3 is 14.6 Å². The van der Waals surface area contributed by atoms with Gasteiger partial charge in [0.05, 0.1) is 23.4 Å². The van der Waals surface area contributed by atoms with Gasteiger partial charge in [-0.3, -0.25) is 9.59 Å². The Kier molecular flexibility index (Phi) is 5.21. The van der Waals surface area contributed by atoms with E-state index in [9.17, 15) is 14.0 Å². The summed E-state index contributed by atoms with van der Waals surface area (Å²) in [6.45, 7) is 0.979. The van der Waals surface area contributed by atoms with Crippen LogP contribution in [0.4, 0.5) is 9.52 Å². The fourth-order valence-electron chi connectivity index (χ4n) is 3.26. The Bertz CT molecular complexity index is 986. The Morgan fingerprint density at radius 3 is 3.00 bits per heavy atom. The fourth-order valence-corrected chi connectivity index (χ4v) is 3.99. The van der Waals surface area contributed by atoms with Crippen LogP contribution in [0.3, 0.4) is 0 Å². The van der Waals surface area contributed by atoms with Crippen LogP contribution in [0, 0.1) is 11.7 Å². The molecule has 1 fully saturated rings. The molecule has 1 saturated heterocycles. The third-order valence-corrected chi connectivity index (χ3v) is 5.46. The maximum absolute atomic E-state index is 13.4. The van der Waals surface area contributed by atoms with Crippen molar-refractivity contribution in [3.63, 3.8) is 0 Å². The van der Waals surface area contributed by atoms with Crippen LogP contribution in [-0.4, -0.2) is 34.8 Å². The SMILES string of the molecule is O=C(Nc1nc(-c2cccc(F)c2)cs1)C1CCCN(C(=O)c2ccoc2)C1. The molecule has 2 amide bonds. The highest BCUT2D eigenvalue weighted by atomic mass is 32.1. The van der Waals surface area contributed by atoms with Gasteiger partial charge in [0.15, 0.2) is 5.13 Å². The number of anilines is 1. The van der Waals surface area contributed by atoms with Crippen molar-refractivity contribution in [2.24, 2.45) is 5.92 Å². The summed E-state index contributed by atoms with van der Waals surface area (Å²) >= 11 is 1.29. The molecule has 3 heterocycles. The second-order valence-corrected chi connectivity index (χ2v) is 7.50. The van der Waals surface area contributed by atoms with Gasteiger partial charge in [0.2, 0.25) is 5.91 Å². The van der Waals surface area contributed by atoms with E-state index in [2.05, 4.69) is 10.3 Å². The molecular formula is C20H18FN3O3S. The first-order chi connectivity index (χ1) is 13.6. The zero-order chi connectivity index (χ0) is 19.5. The van der Waals surface area contributed by atoms with E-state index >= 15 is 0 Å². The molecule has 8 heteroatoms. The van der Waals surface area contributed by atoms with Gasteiger partial charge in [0.1, 0.15) is 12.1 Å². The minimum absolute atomic E-state index is 0.131. The lowest BCUT2D eigenvalue weighted by atomic mass is 9.97. The molecule has 0 bridgehead atoms. The monoisotopic (exact) mass is 399 g/mol. The Labute approximate surface area is 165 Å². The second kappa shape index (κ2) is 7.93. The molecule has 1 aliphatic heterocycles. The van der Waals surface area contributed by atoms with Gasteiger partial charge in [0.25, 0.3) is 5.91 Å². The number of hydrogen-bond donors (Lipinski definition) is 1. The predicted molar refractivity (Wildman–Crippen MR) is 103 cm³/mol. The van der Waals surface area contributed by atoms with Gasteiger partial charge in [0, 0.05) is 24.0 Å². The van der Waals surface area contributed by atoms with E-state index < -0.39 is 0 Å². The summed E-state index contributed by atoms with van der Waals surface area (Å²) in [6, 6.07) is 7.79. The molecule has 3 aromatic rings. The van der Waals surface area contributed by atoms with E-state index in [1.54, 1.807) is 28.5 Å². The van der Waals surface area contributed by atoms with Crippen molar-refractivity contribution in [1.29, 1.82) is 0 Å². The molecular weight excluding hydrogens is 381 g/mol. The van der Waals surface area contributed by atoms with Crippen LogP contribution in [0.5, 0.6) is 0 Å². The highest BCUT2D eigenvalue weighted by Crippen LogP contribution is 2.27. The summed E-state index contributed by atoms with van der Waals surface area (Å²) in [5.74, 6) is -0.925. The number of amides is 2. The molecule has 1 atom stereocenters. The molecule has 0 radical (unpaired) electrons. The zero-order valence-corrected chi connectivity index (χ0v) is 15.7. The van der Waals surface area contributed by atoms with Gasteiger partial charge in [-0.2, -0.15) is 0 Å². The van der Waals surface area contributed by atoms with E-state index in [-0.39, 0.29) is 23.5 Å². The molecule has 0 spiro atoms. The van der Waals surface area contributed by atoms with E-state index in [4.69, 9.17) is 4.42 Å². The Morgan fingerprint density at radius 1 is 1.32 bits per heavy atom. The van der Waals surface area contributed by atoms with Crippen molar-refractivity contribution in [3.8, 4) is 11.3 Å². The van der Waals surface area contributed by atoms with Crippen LogP contribution in [0.25, 0.3) is 11.3 Å². The van der Waals surface area contributed by atoms with E-state index in [0.717, 1.165) is 6.42 Å². The minimum atomic E-state index is -0.333. The topological polar surface area (TPSA) is 75.4 Å². The third kappa shape index (κ3) is 3.96. The maximum Gasteiger partial charge on any atom is 0.257 e. The number of furan rings is 1. The molecule has 28 heavy (non-hydrogen) atoms. The van der Waals surface area contributed by atoms with Crippen LogP contribution >= 0.6 is 11.3 Å². The van der Waals surface area contributed by atoms with Crippen molar-refractivity contribution in [1.82, 2.24) is 9.88 Å². The Hall–Kier alpha value is -3.00. The number of carbonyl (C=O) groups is 2. The molecule has 0 aliphatic carbocycles. The number of nitrogens with one attached hydrogen (secondary N) is 1. The summed E-state index contributed by atoms with van der Waals surface area (Å²) < 4.78 is 18.4. The molecule has 1 aromatic carbocycles. The van der Waals surface area contributed by atoms with Crippen LogP contribution < -0.4 is 5.32 Å². The number of rotatable bonds is 4. The molecule has 0 saturated carbocycles. The summed E-state index contributed by atoms with van der Waals surface area (Å²) in [7, 11) is 0. The second-order valence-electron chi connectivity index (χ2n) is 6.64. The summed E-state index contributed by atoms with van der Waals surface area (Å²) in [5.41, 5.74) is 1.76. The number of piperidine rings is 1. The van der Waals surface area contributed by atoms with Gasteiger partial charge >= 0.3 is 0 Å². The first kappa shape index (κ1) is 18.4. The summed E-state index contributed by atoms with van der Waals surface area (Å²) in [5, 5.41) is 5.07. The molecule has 2 aromatic heterocycles. The Balaban J connectivity index is 1.40. The summed E-state index contributed by atoms with van der Waals surface area (Å²) in [4.78, 5) is 31.2. The lowest BCUT2D eigenvalue weighted by Gasteiger charge is -2.31. The number of benzene rings is 1. The molecule has 144 valence electrons. The average molecular weight is 399 g/mol. The molecule has 1 unspecified atom stereocenters. The molecule has 1 aliphatic rings. The van der Waals surface area contributed by atoms with Crippen molar-refractivity contribution in [2.45, 2.75) is 12.8 Å². The van der Waals surface area contributed by atoms with Crippen molar-refractivity contribution >= 4 is 28.3 Å². The molecule has 6 nitrogen and oxygen atoms in total. The third-order valence-electron chi connectivity index (χ3n) is 4.70. The van der Waals surface area contributed by atoms with Gasteiger partial charge in [-0.25, -0.2) is 9.37 Å². The van der Waals surface area contributed by atoms with Crippen LogP contribution in [0.2, 0.25) is 0 Å². The minimum Gasteiger partial charge on any atom is -0.472 e. The van der Waals surface area contributed by atoms with Crippen LogP contribution in [-0.2, 0) is 4.79 Å². The fraction of sp³-hybridized carbons (Fsp3) is 0.250. The largest absolute Gasteiger partial charge is 0.472 e. The zero-order valence-electron chi connectivity index (χ0n) is 14.9. The van der Waals surface area contributed by atoms with E-state index in [1.807, 2.05) is 0 Å². The molecule has 1 N–H and O–H groups in total. The normalized spacial score (nSPS) is 16.8. The average Bonchev–Trinajstić information content (AvgIpc) is 3.40. The van der Waals surface area contributed by atoms with Gasteiger partial charge in [-0.1, -0.05) is 12.1 Å². The lowest BCUT2D eigenvalue weighted by Crippen LogP contribution is -2.43. The van der Waals surface area contributed by atoms with Gasteiger partial charge in [-0.05, 0) is 31.0 Å². The van der Waals surface area contributed by atoms with Crippen molar-refractivity contribution in [2.75, 3.05) is 18.4 Å². The standard InChI is InChI=1S/C20H18FN3O3S/c21-16-5-1-3-13(9-16)17-12-28-20(22-17)23-18(25)14-4-2-7-24(10-14)19(26)15-6-8-27-11-15/h1,3,5-6,8-9,11-12,14H,2,4,7,10H2,(H,22,23,25). The number of aromatic nitrogens is 1. The van der Waals surface area contributed by atoms with Gasteiger partial charge in [-0.15, -0.1) is 11.3 Å². The van der Waals surface area contributed by atoms with E-state index in [1.165, 1.54) is 36.0 Å². The van der Waals surface area contributed by atoms with E-state index in [0.29, 0.717) is 41.5 Å². The first-order valence-corrected chi connectivity index (χ1v) is 9.82. The molecule has 4 rings (SSSR count). The number of thiazole rings is 1. The number of nitrogens with zero attached hydrogens (tertiary/aromatic N) is 2. The maximum atomic E-state index is 13.4. The number of likely N-dealkylation sites (tertiary alicyclic amines) is 1. The lowest BCUT2D eigenvalue weighted by molar-refractivity contribution is -0.121. The van der Waals surface area contributed by atoms with Crippen molar-refractivity contribution < 1.29 is 18.4 Å². The number of carbonyl (C=O) groups excluding carboxylic acids is 2. The highest BCUT2D eigenvalue weighted by Gasteiger charge is 2.29.